The molecule has 1 aromatic carbocycles. The molecule has 3 nitrogen and oxygen atoms in total. The third-order valence-electron chi connectivity index (χ3n) is 3.80. The lowest BCUT2D eigenvalue weighted by molar-refractivity contribution is -0.138. The van der Waals surface area contributed by atoms with Crippen molar-refractivity contribution in [3.8, 4) is 5.75 Å². The molecule has 18 heavy (non-hydrogen) atoms. The van der Waals surface area contributed by atoms with Crippen LogP contribution in [0, 0.1) is 19.8 Å². The van der Waals surface area contributed by atoms with Crippen LogP contribution in [0.4, 0.5) is 0 Å². The van der Waals surface area contributed by atoms with Gasteiger partial charge in [0.2, 0.25) is 0 Å². The average molecular weight is 248 g/mol. The number of rotatable bonds is 4. The number of carbonyl (C=O) groups is 1. The molecule has 0 bridgehead atoms. The van der Waals surface area contributed by atoms with E-state index >= 15 is 0 Å². The third kappa shape index (κ3) is 3.03. The second-order valence-corrected chi connectivity index (χ2v) is 5.21. The molecule has 0 amide bonds. The highest BCUT2D eigenvalue weighted by atomic mass is 16.5. The van der Waals surface area contributed by atoms with Crippen molar-refractivity contribution in [1.82, 2.24) is 0 Å². The van der Waals surface area contributed by atoms with Crippen molar-refractivity contribution in [3.63, 3.8) is 0 Å². The maximum absolute atomic E-state index is 10.7. The van der Waals surface area contributed by atoms with E-state index in [9.17, 15) is 4.79 Å². The molecule has 1 aliphatic carbocycles. The van der Waals surface area contributed by atoms with Gasteiger partial charge in [0.05, 0.1) is 6.10 Å². The maximum Gasteiger partial charge on any atom is 0.303 e. The fourth-order valence-corrected chi connectivity index (χ4v) is 2.60. The average Bonchev–Trinajstić information content (AvgIpc) is 2.71. The van der Waals surface area contributed by atoms with E-state index in [0.717, 1.165) is 25.0 Å². The van der Waals surface area contributed by atoms with Crippen LogP contribution in [-0.4, -0.2) is 17.2 Å². The molecule has 0 spiro atoms. The van der Waals surface area contributed by atoms with Gasteiger partial charge in [-0.3, -0.25) is 4.79 Å². The first kappa shape index (κ1) is 12.9. The molecule has 2 atom stereocenters. The molecule has 2 unspecified atom stereocenters. The van der Waals surface area contributed by atoms with E-state index in [4.69, 9.17) is 9.84 Å². The van der Waals surface area contributed by atoms with Crippen LogP contribution in [0.3, 0.4) is 0 Å². The lowest BCUT2D eigenvalue weighted by Crippen LogP contribution is -2.14. The van der Waals surface area contributed by atoms with Gasteiger partial charge in [0.15, 0.2) is 0 Å². The molecule has 0 heterocycles. The van der Waals surface area contributed by atoms with Crippen molar-refractivity contribution in [1.29, 1.82) is 0 Å². The predicted octanol–water partition coefficient (Wildman–Crippen LogP) is 3.33. The number of aryl methyl sites for hydroxylation is 1. The second-order valence-electron chi connectivity index (χ2n) is 5.21. The number of hydrogen-bond donors (Lipinski definition) is 1. The molecule has 2 rings (SSSR count). The van der Waals surface area contributed by atoms with Crippen LogP contribution in [-0.2, 0) is 4.79 Å². The first-order valence-electron chi connectivity index (χ1n) is 6.51. The van der Waals surface area contributed by atoms with Crippen molar-refractivity contribution < 1.29 is 14.6 Å². The molecule has 3 heteroatoms. The molecule has 1 aromatic rings. The van der Waals surface area contributed by atoms with Crippen LogP contribution in [0.5, 0.6) is 5.75 Å². The molecular weight excluding hydrogens is 228 g/mol. The first-order valence-corrected chi connectivity index (χ1v) is 6.51. The predicted molar refractivity (Wildman–Crippen MR) is 69.9 cm³/mol. The van der Waals surface area contributed by atoms with E-state index in [1.54, 1.807) is 0 Å². The van der Waals surface area contributed by atoms with Crippen LogP contribution in [0.25, 0.3) is 0 Å². The lowest BCUT2D eigenvalue weighted by Gasteiger charge is -2.16. The molecular formula is C15H20O3. The van der Waals surface area contributed by atoms with Gasteiger partial charge in [0, 0.05) is 6.42 Å². The van der Waals surface area contributed by atoms with Crippen LogP contribution < -0.4 is 4.74 Å². The van der Waals surface area contributed by atoms with Gasteiger partial charge >= 0.3 is 5.97 Å². The van der Waals surface area contributed by atoms with Gasteiger partial charge in [0.25, 0.3) is 0 Å². The summed E-state index contributed by atoms with van der Waals surface area (Å²) in [5, 5.41) is 8.79. The molecule has 1 saturated carbocycles. The molecule has 0 radical (unpaired) electrons. The number of carboxylic acids is 1. The summed E-state index contributed by atoms with van der Waals surface area (Å²) in [5.74, 6) is 0.515. The Morgan fingerprint density at radius 3 is 2.89 bits per heavy atom. The highest BCUT2D eigenvalue weighted by molar-refractivity contribution is 5.67. The quantitative estimate of drug-likeness (QED) is 0.889. The highest BCUT2D eigenvalue weighted by Crippen LogP contribution is 2.32. The minimum absolute atomic E-state index is 0.176. The minimum atomic E-state index is -0.701. The Kier molecular flexibility index (Phi) is 3.90. The van der Waals surface area contributed by atoms with Crippen LogP contribution in [0.2, 0.25) is 0 Å². The standard InChI is InChI=1S/C15H20O3/c1-10-4-3-5-14(11(10)2)18-13-7-6-12(8-13)9-15(16)17/h3-5,12-13H,6-9H2,1-2H3,(H,16,17). The molecule has 98 valence electrons. The Bertz CT molecular complexity index is 439. The Labute approximate surface area is 108 Å². The van der Waals surface area contributed by atoms with E-state index in [1.165, 1.54) is 11.1 Å². The van der Waals surface area contributed by atoms with Crippen molar-refractivity contribution in [2.24, 2.45) is 5.92 Å². The fraction of sp³-hybridized carbons (Fsp3) is 0.533. The summed E-state index contributed by atoms with van der Waals surface area (Å²) >= 11 is 0. The molecule has 0 aromatic heterocycles. The van der Waals surface area contributed by atoms with Gasteiger partial charge in [-0.15, -0.1) is 0 Å². The molecule has 0 saturated heterocycles. The maximum atomic E-state index is 10.7. The highest BCUT2D eigenvalue weighted by Gasteiger charge is 2.28. The van der Waals surface area contributed by atoms with E-state index < -0.39 is 5.97 Å². The Balaban J connectivity index is 1.95. The first-order chi connectivity index (χ1) is 8.56. The van der Waals surface area contributed by atoms with Crippen LogP contribution in [0.15, 0.2) is 18.2 Å². The summed E-state index contributed by atoms with van der Waals surface area (Å²) in [4.78, 5) is 10.7. The SMILES string of the molecule is Cc1cccc(OC2CCC(CC(=O)O)C2)c1C. The molecule has 1 fully saturated rings. The fourth-order valence-electron chi connectivity index (χ4n) is 2.60. The zero-order valence-electron chi connectivity index (χ0n) is 11.0. The van der Waals surface area contributed by atoms with Crippen molar-refractivity contribution in [2.75, 3.05) is 0 Å². The number of benzene rings is 1. The van der Waals surface area contributed by atoms with Gasteiger partial charge in [-0.05, 0) is 56.2 Å². The smallest absolute Gasteiger partial charge is 0.303 e. The van der Waals surface area contributed by atoms with Gasteiger partial charge in [-0.1, -0.05) is 12.1 Å². The number of aliphatic carboxylic acids is 1. The number of carboxylic acid groups (broad SMARTS) is 1. The minimum Gasteiger partial charge on any atom is -0.490 e. The lowest BCUT2D eigenvalue weighted by atomic mass is 10.0. The normalized spacial score (nSPS) is 23.0. The zero-order chi connectivity index (χ0) is 13.1. The largest absolute Gasteiger partial charge is 0.490 e. The van der Waals surface area contributed by atoms with Gasteiger partial charge < -0.3 is 9.84 Å². The third-order valence-corrected chi connectivity index (χ3v) is 3.80. The van der Waals surface area contributed by atoms with Gasteiger partial charge in [-0.25, -0.2) is 0 Å². The van der Waals surface area contributed by atoms with Crippen molar-refractivity contribution in [3.05, 3.63) is 29.3 Å². The van der Waals surface area contributed by atoms with E-state index in [0.29, 0.717) is 0 Å². The summed E-state index contributed by atoms with van der Waals surface area (Å²) in [5.41, 5.74) is 2.41. The molecule has 0 aliphatic heterocycles. The molecule has 1 aliphatic rings. The second kappa shape index (κ2) is 5.42. The Morgan fingerprint density at radius 1 is 1.39 bits per heavy atom. The molecule has 1 N–H and O–H groups in total. The van der Waals surface area contributed by atoms with Crippen molar-refractivity contribution in [2.45, 2.75) is 45.6 Å². The van der Waals surface area contributed by atoms with Crippen LogP contribution >= 0.6 is 0 Å². The van der Waals surface area contributed by atoms with E-state index in [1.807, 2.05) is 12.1 Å². The Hall–Kier alpha value is -1.51. The summed E-state index contributed by atoms with van der Waals surface area (Å²) < 4.78 is 6.01. The summed E-state index contributed by atoms with van der Waals surface area (Å²) in [7, 11) is 0. The van der Waals surface area contributed by atoms with Crippen LogP contribution in [0.1, 0.15) is 36.8 Å². The van der Waals surface area contributed by atoms with E-state index in [-0.39, 0.29) is 18.4 Å². The van der Waals surface area contributed by atoms with E-state index in [2.05, 4.69) is 19.9 Å². The van der Waals surface area contributed by atoms with Crippen molar-refractivity contribution >= 4 is 5.97 Å². The summed E-state index contributed by atoms with van der Waals surface area (Å²) in [6, 6.07) is 6.07. The summed E-state index contributed by atoms with van der Waals surface area (Å²) in [6.45, 7) is 4.14. The number of ether oxygens (including phenoxy) is 1. The zero-order valence-corrected chi connectivity index (χ0v) is 11.0. The Morgan fingerprint density at radius 2 is 2.17 bits per heavy atom. The van der Waals surface area contributed by atoms with Gasteiger partial charge in [-0.2, -0.15) is 0 Å². The summed E-state index contributed by atoms with van der Waals surface area (Å²) in [6.07, 6.45) is 3.23. The topological polar surface area (TPSA) is 46.5 Å². The number of hydrogen-bond acceptors (Lipinski definition) is 2. The van der Waals surface area contributed by atoms with Gasteiger partial charge in [0.1, 0.15) is 5.75 Å². The monoisotopic (exact) mass is 248 g/mol.